The monoisotopic (exact) mass is 441 g/mol. The van der Waals surface area contributed by atoms with Gasteiger partial charge in [-0.15, -0.1) is 0 Å². The number of aryl methyl sites for hydroxylation is 1. The molecule has 7 heteroatoms. The minimum Gasteiger partial charge on any atom is -0.351 e. The summed E-state index contributed by atoms with van der Waals surface area (Å²) in [5.74, 6) is 1.62. The Morgan fingerprint density at radius 2 is 1.85 bits per heavy atom. The Morgan fingerprint density at radius 3 is 2.64 bits per heavy atom. The van der Waals surface area contributed by atoms with Gasteiger partial charge in [0.2, 0.25) is 5.91 Å². The first-order valence-corrected chi connectivity index (χ1v) is 11.7. The molecule has 1 atom stereocenters. The molecule has 7 nitrogen and oxygen atoms in total. The third kappa shape index (κ3) is 3.67. The summed E-state index contributed by atoms with van der Waals surface area (Å²) >= 11 is 0. The Balaban J connectivity index is 1.22. The van der Waals surface area contributed by atoms with Crippen LogP contribution in [0.25, 0.3) is 27.7 Å². The zero-order valence-electron chi connectivity index (χ0n) is 18.7. The van der Waals surface area contributed by atoms with Gasteiger partial charge in [0.1, 0.15) is 5.82 Å². The van der Waals surface area contributed by atoms with Gasteiger partial charge >= 0.3 is 5.69 Å². The van der Waals surface area contributed by atoms with Gasteiger partial charge in [-0.25, -0.2) is 14.5 Å². The van der Waals surface area contributed by atoms with Crippen molar-refractivity contribution in [3.05, 3.63) is 71.0 Å². The Kier molecular flexibility index (Phi) is 4.71. The Morgan fingerprint density at radius 1 is 1.06 bits per heavy atom. The van der Waals surface area contributed by atoms with Gasteiger partial charge in [0, 0.05) is 49.6 Å². The van der Waals surface area contributed by atoms with Crippen LogP contribution in [0.5, 0.6) is 0 Å². The van der Waals surface area contributed by atoms with E-state index in [9.17, 15) is 9.59 Å². The summed E-state index contributed by atoms with van der Waals surface area (Å²) in [5, 5.41) is 8.13. The van der Waals surface area contributed by atoms with Crippen LogP contribution < -0.4 is 5.69 Å². The summed E-state index contributed by atoms with van der Waals surface area (Å²) in [4.78, 5) is 26.9. The summed E-state index contributed by atoms with van der Waals surface area (Å²) in [6.07, 6.45) is 5.78. The van der Waals surface area contributed by atoms with Gasteiger partial charge in [-0.05, 0) is 66.6 Å². The van der Waals surface area contributed by atoms with Crippen molar-refractivity contribution in [2.45, 2.75) is 25.7 Å². The lowest BCUT2D eigenvalue weighted by molar-refractivity contribution is -0.131. The molecular weight excluding hydrogens is 414 g/mol. The molecule has 33 heavy (non-hydrogen) atoms. The van der Waals surface area contributed by atoms with Gasteiger partial charge in [0.05, 0.1) is 5.69 Å². The molecule has 168 valence electrons. The lowest BCUT2D eigenvalue weighted by Gasteiger charge is -2.16. The number of hydrogen-bond donors (Lipinski definition) is 1. The summed E-state index contributed by atoms with van der Waals surface area (Å²) in [5.41, 5.74) is 4.03. The average Bonchev–Trinajstić information content (AvgIpc) is 3.32. The molecule has 1 aliphatic carbocycles. The normalized spacial score (nSPS) is 18.3. The van der Waals surface area contributed by atoms with E-state index in [1.54, 1.807) is 4.57 Å². The number of aromatic amines is 1. The number of rotatable bonds is 5. The third-order valence-corrected chi connectivity index (χ3v) is 7.08. The topological polar surface area (TPSA) is 75.9 Å². The van der Waals surface area contributed by atoms with E-state index in [-0.39, 0.29) is 11.6 Å². The summed E-state index contributed by atoms with van der Waals surface area (Å²) < 4.78 is 3.77. The second-order valence-corrected chi connectivity index (χ2v) is 9.44. The second kappa shape index (κ2) is 7.76. The lowest BCUT2D eigenvalue weighted by atomic mass is 10.0. The van der Waals surface area contributed by atoms with E-state index >= 15 is 0 Å². The molecule has 1 saturated carbocycles. The molecule has 0 spiro atoms. The number of fused-ring (bicyclic) bond motifs is 1. The smallest absolute Gasteiger partial charge is 0.347 e. The van der Waals surface area contributed by atoms with Crippen LogP contribution in [0.15, 0.2) is 59.5 Å². The van der Waals surface area contributed by atoms with Crippen molar-refractivity contribution in [1.29, 1.82) is 0 Å². The number of aromatic nitrogens is 4. The van der Waals surface area contributed by atoms with Crippen molar-refractivity contribution in [2.75, 3.05) is 13.1 Å². The highest BCUT2D eigenvalue weighted by Gasteiger charge is 2.36. The highest BCUT2D eigenvalue weighted by Crippen LogP contribution is 2.33. The molecule has 1 N–H and O–H groups in total. The first kappa shape index (κ1) is 20.0. The predicted molar refractivity (Wildman–Crippen MR) is 127 cm³/mol. The zero-order valence-corrected chi connectivity index (χ0v) is 18.7. The summed E-state index contributed by atoms with van der Waals surface area (Å²) in [7, 11) is 2.05. The summed E-state index contributed by atoms with van der Waals surface area (Å²) in [6, 6.07) is 16.6. The Labute approximate surface area is 191 Å². The molecule has 1 saturated heterocycles. The van der Waals surface area contributed by atoms with E-state index in [0.717, 1.165) is 55.0 Å². The molecule has 4 aromatic rings. The van der Waals surface area contributed by atoms with E-state index in [4.69, 9.17) is 0 Å². The number of H-pyrrole nitrogens is 1. The number of likely N-dealkylation sites (tertiary alicyclic amines) is 1. The van der Waals surface area contributed by atoms with E-state index < -0.39 is 0 Å². The Hall–Kier alpha value is -3.61. The van der Waals surface area contributed by atoms with Crippen molar-refractivity contribution in [2.24, 2.45) is 18.9 Å². The van der Waals surface area contributed by atoms with Gasteiger partial charge in [-0.1, -0.05) is 18.2 Å². The van der Waals surface area contributed by atoms with Crippen LogP contribution in [-0.4, -0.2) is 43.2 Å². The van der Waals surface area contributed by atoms with E-state index in [2.05, 4.69) is 45.2 Å². The van der Waals surface area contributed by atoms with Crippen LogP contribution in [0.4, 0.5) is 0 Å². The highest BCUT2D eigenvalue weighted by molar-refractivity contribution is 5.85. The van der Waals surface area contributed by atoms with Crippen LogP contribution in [0, 0.1) is 11.8 Å². The number of nitrogens with one attached hydrogen (secondary N) is 1. The van der Waals surface area contributed by atoms with Crippen molar-refractivity contribution in [1.82, 2.24) is 24.2 Å². The van der Waals surface area contributed by atoms with Gasteiger partial charge in [0.25, 0.3) is 0 Å². The largest absolute Gasteiger partial charge is 0.351 e. The van der Waals surface area contributed by atoms with Gasteiger partial charge in [0.15, 0.2) is 0 Å². The fourth-order valence-electron chi connectivity index (χ4n) is 5.04. The van der Waals surface area contributed by atoms with E-state index in [0.29, 0.717) is 18.2 Å². The first-order valence-electron chi connectivity index (χ1n) is 11.7. The molecule has 2 fully saturated rings. The molecular formula is C26H27N5O2. The Bertz CT molecular complexity index is 1390. The van der Waals surface area contributed by atoms with Gasteiger partial charge < -0.3 is 9.47 Å². The molecule has 1 unspecified atom stereocenters. The number of nitrogens with zero attached hydrogens (tertiary/aromatic N) is 4. The van der Waals surface area contributed by atoms with Gasteiger partial charge in [-0.2, -0.15) is 5.10 Å². The highest BCUT2D eigenvalue weighted by atomic mass is 16.2. The lowest BCUT2D eigenvalue weighted by Crippen LogP contribution is -2.30. The minimum atomic E-state index is -0.229. The standard InChI is InChI=1S/C26H27N5O2/c1-29-12-11-21-15-20(6-9-23(21)29)18-4-7-22(8-5-18)31-24(27-28-26(31)33)14-17-10-13-30(16-17)25(32)19-2-3-19/h4-9,11-12,15,17,19H,2-3,10,13-14,16H2,1H3,(H,28,33). The quantitative estimate of drug-likeness (QED) is 0.515. The fraction of sp³-hybridized carbons (Fsp3) is 0.346. The molecule has 1 amide bonds. The molecule has 2 aromatic heterocycles. The molecule has 2 aliphatic rings. The predicted octanol–water partition coefficient (Wildman–Crippen LogP) is 3.52. The van der Waals surface area contributed by atoms with Crippen molar-refractivity contribution in [3.63, 3.8) is 0 Å². The van der Waals surface area contributed by atoms with Crippen LogP contribution in [0.1, 0.15) is 25.1 Å². The SMILES string of the molecule is Cn1ccc2cc(-c3ccc(-n4c(CC5CCN(C(=O)C6CC6)C5)n[nH]c4=O)cc3)ccc21. The van der Waals surface area contributed by atoms with Gasteiger partial charge in [-0.3, -0.25) is 4.79 Å². The second-order valence-electron chi connectivity index (χ2n) is 9.44. The maximum atomic E-state index is 12.6. The van der Waals surface area contributed by atoms with Crippen molar-refractivity contribution < 1.29 is 4.79 Å². The number of carbonyl (C=O) groups is 1. The molecule has 1 aliphatic heterocycles. The molecule has 6 rings (SSSR count). The van der Waals surface area contributed by atoms with Crippen molar-refractivity contribution in [3.8, 4) is 16.8 Å². The van der Waals surface area contributed by atoms with Crippen LogP contribution in [0.2, 0.25) is 0 Å². The number of benzene rings is 2. The molecule has 0 bridgehead atoms. The van der Waals surface area contributed by atoms with E-state index in [1.807, 2.05) is 36.2 Å². The third-order valence-electron chi connectivity index (χ3n) is 7.08. The molecule has 3 heterocycles. The maximum Gasteiger partial charge on any atom is 0.347 e. The van der Waals surface area contributed by atoms with Crippen LogP contribution >= 0.6 is 0 Å². The number of carbonyl (C=O) groups excluding carboxylic acids is 1. The fourth-order valence-corrected chi connectivity index (χ4v) is 5.04. The first-order chi connectivity index (χ1) is 16.1. The minimum absolute atomic E-state index is 0.229. The zero-order chi connectivity index (χ0) is 22.5. The summed E-state index contributed by atoms with van der Waals surface area (Å²) in [6.45, 7) is 1.58. The number of hydrogen-bond acceptors (Lipinski definition) is 3. The molecule has 2 aromatic carbocycles. The van der Waals surface area contributed by atoms with Crippen LogP contribution in [0.3, 0.4) is 0 Å². The number of amides is 1. The molecule has 0 radical (unpaired) electrons. The van der Waals surface area contributed by atoms with Crippen LogP contribution in [-0.2, 0) is 18.3 Å². The van der Waals surface area contributed by atoms with Crippen molar-refractivity contribution >= 4 is 16.8 Å². The van der Waals surface area contributed by atoms with E-state index in [1.165, 1.54) is 10.9 Å². The maximum absolute atomic E-state index is 12.6. The average molecular weight is 442 g/mol.